The number of carbonyl (C=O) groups excluding carboxylic acids is 1. The van der Waals surface area contributed by atoms with Crippen molar-refractivity contribution in [3.8, 4) is 0 Å². The molecule has 1 fully saturated rings. The SMILES string of the molecule is CN(CCNC(=O)[C@@H]1CCOC(C)(C)C1)CCc1ccccc1. The van der Waals surface area contributed by atoms with Crippen molar-refractivity contribution in [2.45, 2.75) is 38.7 Å². The average Bonchev–Trinajstić information content (AvgIpc) is 2.53. The van der Waals surface area contributed by atoms with E-state index in [0.29, 0.717) is 13.2 Å². The third kappa shape index (κ3) is 6.32. The van der Waals surface area contributed by atoms with Crippen LogP contribution in [0.1, 0.15) is 32.3 Å². The summed E-state index contributed by atoms with van der Waals surface area (Å²) >= 11 is 0. The van der Waals surface area contributed by atoms with E-state index in [1.807, 2.05) is 6.07 Å². The highest BCUT2D eigenvalue weighted by atomic mass is 16.5. The van der Waals surface area contributed by atoms with Crippen molar-refractivity contribution in [2.75, 3.05) is 33.3 Å². The number of likely N-dealkylation sites (N-methyl/N-ethyl adjacent to an activating group) is 1. The number of benzene rings is 1. The molecule has 23 heavy (non-hydrogen) atoms. The highest BCUT2D eigenvalue weighted by Crippen LogP contribution is 2.28. The van der Waals surface area contributed by atoms with E-state index in [-0.39, 0.29) is 17.4 Å². The summed E-state index contributed by atoms with van der Waals surface area (Å²) in [6.45, 7) is 7.40. The van der Waals surface area contributed by atoms with Gasteiger partial charge in [0.2, 0.25) is 5.91 Å². The van der Waals surface area contributed by atoms with Crippen molar-refractivity contribution in [1.29, 1.82) is 0 Å². The smallest absolute Gasteiger partial charge is 0.223 e. The molecular weight excluding hydrogens is 288 g/mol. The highest BCUT2D eigenvalue weighted by molar-refractivity contribution is 5.78. The van der Waals surface area contributed by atoms with E-state index in [4.69, 9.17) is 4.74 Å². The summed E-state index contributed by atoms with van der Waals surface area (Å²) in [5.41, 5.74) is 1.18. The lowest BCUT2D eigenvalue weighted by atomic mass is 9.88. The van der Waals surface area contributed by atoms with Crippen molar-refractivity contribution >= 4 is 5.91 Å². The van der Waals surface area contributed by atoms with Gasteiger partial charge in [-0.05, 0) is 45.7 Å². The molecule has 1 N–H and O–H groups in total. The van der Waals surface area contributed by atoms with E-state index >= 15 is 0 Å². The van der Waals surface area contributed by atoms with Crippen LogP contribution < -0.4 is 5.32 Å². The van der Waals surface area contributed by atoms with Crippen molar-refractivity contribution in [3.63, 3.8) is 0 Å². The molecule has 0 saturated carbocycles. The van der Waals surface area contributed by atoms with Gasteiger partial charge in [-0.3, -0.25) is 4.79 Å². The summed E-state index contributed by atoms with van der Waals surface area (Å²) in [4.78, 5) is 14.5. The Bertz CT molecular complexity index is 487. The minimum atomic E-state index is -0.174. The largest absolute Gasteiger partial charge is 0.376 e. The molecule has 128 valence electrons. The van der Waals surface area contributed by atoms with Crippen molar-refractivity contribution in [3.05, 3.63) is 35.9 Å². The molecule has 1 amide bonds. The minimum Gasteiger partial charge on any atom is -0.376 e. The Labute approximate surface area is 140 Å². The van der Waals surface area contributed by atoms with Crippen molar-refractivity contribution in [1.82, 2.24) is 10.2 Å². The zero-order valence-corrected chi connectivity index (χ0v) is 14.7. The maximum Gasteiger partial charge on any atom is 0.223 e. The van der Waals surface area contributed by atoms with Crippen LogP contribution >= 0.6 is 0 Å². The fraction of sp³-hybridized carbons (Fsp3) is 0.632. The molecule has 1 heterocycles. The van der Waals surface area contributed by atoms with Gasteiger partial charge in [0.05, 0.1) is 5.60 Å². The van der Waals surface area contributed by atoms with E-state index in [2.05, 4.69) is 55.4 Å². The van der Waals surface area contributed by atoms with Crippen LogP contribution in [-0.4, -0.2) is 49.7 Å². The van der Waals surface area contributed by atoms with Gasteiger partial charge in [-0.25, -0.2) is 0 Å². The summed E-state index contributed by atoms with van der Waals surface area (Å²) in [5.74, 6) is 0.270. The van der Waals surface area contributed by atoms with Gasteiger partial charge in [-0.2, -0.15) is 0 Å². The Hall–Kier alpha value is -1.39. The van der Waals surface area contributed by atoms with Crippen LogP contribution in [0, 0.1) is 5.92 Å². The van der Waals surface area contributed by atoms with E-state index < -0.39 is 0 Å². The predicted molar refractivity (Wildman–Crippen MR) is 93.4 cm³/mol. The predicted octanol–water partition coefficient (Wildman–Crippen LogP) is 2.48. The van der Waals surface area contributed by atoms with Gasteiger partial charge in [0.15, 0.2) is 0 Å². The van der Waals surface area contributed by atoms with E-state index in [0.717, 1.165) is 32.4 Å². The number of nitrogens with one attached hydrogen (secondary N) is 1. The number of carbonyl (C=O) groups is 1. The molecule has 4 nitrogen and oxygen atoms in total. The van der Waals surface area contributed by atoms with Gasteiger partial charge in [0, 0.05) is 32.2 Å². The Kier molecular flexibility index (Phi) is 6.60. The first-order valence-electron chi connectivity index (χ1n) is 8.60. The minimum absolute atomic E-state index is 0.0911. The quantitative estimate of drug-likeness (QED) is 0.840. The Balaban J connectivity index is 1.63. The van der Waals surface area contributed by atoms with Gasteiger partial charge in [-0.1, -0.05) is 30.3 Å². The standard InChI is InChI=1S/C19H30N2O2/c1-19(2)15-17(10-14-23-19)18(22)20-11-13-21(3)12-9-16-7-5-4-6-8-16/h4-8,17H,9-15H2,1-3H3,(H,20,22)/t17-/m1/s1. The van der Waals surface area contributed by atoms with Gasteiger partial charge >= 0.3 is 0 Å². The number of ether oxygens (including phenoxy) is 1. The maximum absolute atomic E-state index is 12.3. The first kappa shape index (κ1) is 18.0. The molecule has 4 heteroatoms. The van der Waals surface area contributed by atoms with Crippen LogP contribution in [0.5, 0.6) is 0 Å². The first-order chi connectivity index (χ1) is 11.0. The van der Waals surface area contributed by atoms with Crippen LogP contribution in [0.2, 0.25) is 0 Å². The molecule has 1 aliphatic rings. The maximum atomic E-state index is 12.3. The molecule has 1 saturated heterocycles. The molecular formula is C19H30N2O2. The molecule has 2 rings (SSSR count). The number of amides is 1. The summed E-state index contributed by atoms with van der Waals surface area (Å²) in [6, 6.07) is 10.5. The van der Waals surface area contributed by atoms with E-state index in [1.54, 1.807) is 0 Å². The second-order valence-corrected chi connectivity index (χ2v) is 7.13. The first-order valence-corrected chi connectivity index (χ1v) is 8.60. The lowest BCUT2D eigenvalue weighted by Crippen LogP contribution is -2.43. The molecule has 0 aromatic heterocycles. The zero-order chi connectivity index (χ0) is 16.7. The molecule has 1 atom stereocenters. The number of hydrogen-bond acceptors (Lipinski definition) is 3. The van der Waals surface area contributed by atoms with Gasteiger partial charge in [0.1, 0.15) is 0 Å². The van der Waals surface area contributed by atoms with Crippen LogP contribution in [-0.2, 0) is 16.0 Å². The summed E-state index contributed by atoms with van der Waals surface area (Å²) < 4.78 is 5.67. The summed E-state index contributed by atoms with van der Waals surface area (Å²) in [7, 11) is 2.10. The molecule has 0 unspecified atom stereocenters. The van der Waals surface area contributed by atoms with Crippen LogP contribution in [0.25, 0.3) is 0 Å². The Morgan fingerprint density at radius 1 is 1.30 bits per heavy atom. The van der Waals surface area contributed by atoms with Crippen LogP contribution in [0.15, 0.2) is 30.3 Å². The second-order valence-electron chi connectivity index (χ2n) is 7.13. The Morgan fingerprint density at radius 3 is 2.74 bits per heavy atom. The average molecular weight is 318 g/mol. The number of rotatable bonds is 7. The normalized spacial score (nSPS) is 20.4. The zero-order valence-electron chi connectivity index (χ0n) is 14.7. The molecule has 0 bridgehead atoms. The third-order valence-corrected chi connectivity index (χ3v) is 4.49. The fourth-order valence-corrected chi connectivity index (χ4v) is 3.05. The molecule has 0 aliphatic carbocycles. The monoisotopic (exact) mass is 318 g/mol. The summed E-state index contributed by atoms with van der Waals surface area (Å²) in [5, 5.41) is 3.08. The lowest BCUT2D eigenvalue weighted by Gasteiger charge is -2.34. The van der Waals surface area contributed by atoms with Crippen LogP contribution in [0.3, 0.4) is 0 Å². The summed E-state index contributed by atoms with van der Waals surface area (Å²) in [6.07, 6.45) is 2.68. The topological polar surface area (TPSA) is 41.6 Å². The van der Waals surface area contributed by atoms with E-state index in [9.17, 15) is 4.79 Å². The molecule has 0 spiro atoms. The molecule has 1 aliphatic heterocycles. The van der Waals surface area contributed by atoms with Crippen LogP contribution in [0.4, 0.5) is 0 Å². The number of hydrogen-bond donors (Lipinski definition) is 1. The molecule has 1 aromatic rings. The van der Waals surface area contributed by atoms with Crippen molar-refractivity contribution in [2.24, 2.45) is 5.92 Å². The van der Waals surface area contributed by atoms with Gasteiger partial charge in [0.25, 0.3) is 0 Å². The van der Waals surface area contributed by atoms with Gasteiger partial charge < -0.3 is 15.0 Å². The number of nitrogens with zero attached hydrogens (tertiary/aromatic N) is 1. The third-order valence-electron chi connectivity index (χ3n) is 4.49. The Morgan fingerprint density at radius 2 is 2.04 bits per heavy atom. The second kappa shape index (κ2) is 8.46. The highest BCUT2D eigenvalue weighted by Gasteiger charge is 2.32. The van der Waals surface area contributed by atoms with Gasteiger partial charge in [-0.15, -0.1) is 0 Å². The van der Waals surface area contributed by atoms with Crippen molar-refractivity contribution < 1.29 is 9.53 Å². The molecule has 1 aromatic carbocycles. The lowest BCUT2D eigenvalue weighted by molar-refractivity contribution is -0.135. The molecule has 0 radical (unpaired) electrons. The van der Waals surface area contributed by atoms with E-state index in [1.165, 1.54) is 5.56 Å². The fourth-order valence-electron chi connectivity index (χ4n) is 3.05.